The molecule has 0 aliphatic heterocycles. The predicted molar refractivity (Wildman–Crippen MR) is 76.5 cm³/mol. The fourth-order valence-electron chi connectivity index (χ4n) is 1.72. The zero-order valence-electron chi connectivity index (χ0n) is 9.58. The van der Waals surface area contributed by atoms with E-state index >= 15 is 0 Å². The van der Waals surface area contributed by atoms with Crippen LogP contribution in [0.1, 0.15) is 0 Å². The molecule has 3 nitrogen and oxygen atoms in total. The molecule has 96 valence electrons. The molecule has 3 rings (SSSR count). The Kier molecular flexibility index (Phi) is 3.05. The average Bonchev–Trinajstić information content (AvgIpc) is 2.83. The SMILES string of the molecule is O=S(=O)(c1nc2ccccc2s1)c1ccccc1Cl. The highest BCUT2D eigenvalue weighted by molar-refractivity contribution is 7.93. The van der Waals surface area contributed by atoms with Crippen molar-refractivity contribution in [2.24, 2.45) is 0 Å². The van der Waals surface area contributed by atoms with Gasteiger partial charge < -0.3 is 0 Å². The second-order valence-electron chi connectivity index (χ2n) is 3.88. The van der Waals surface area contributed by atoms with Gasteiger partial charge in [-0.1, -0.05) is 35.9 Å². The Hall–Kier alpha value is -1.43. The number of halogens is 1. The van der Waals surface area contributed by atoms with E-state index < -0.39 is 9.84 Å². The van der Waals surface area contributed by atoms with Crippen LogP contribution in [0.15, 0.2) is 57.8 Å². The Morgan fingerprint density at radius 1 is 1.00 bits per heavy atom. The van der Waals surface area contributed by atoms with Crippen molar-refractivity contribution >= 4 is 43.0 Å². The molecule has 3 aromatic rings. The van der Waals surface area contributed by atoms with Gasteiger partial charge in [0.05, 0.1) is 20.1 Å². The summed E-state index contributed by atoms with van der Waals surface area (Å²) in [6.07, 6.45) is 0. The lowest BCUT2D eigenvalue weighted by molar-refractivity contribution is 0.595. The fourth-order valence-corrected chi connectivity index (χ4v) is 4.83. The quantitative estimate of drug-likeness (QED) is 0.723. The lowest BCUT2D eigenvalue weighted by Gasteiger charge is -2.02. The van der Waals surface area contributed by atoms with Crippen molar-refractivity contribution in [3.05, 3.63) is 53.6 Å². The molecule has 0 amide bonds. The average molecular weight is 310 g/mol. The molecule has 0 fully saturated rings. The first-order valence-corrected chi connectivity index (χ1v) is 8.12. The highest BCUT2D eigenvalue weighted by Crippen LogP contribution is 2.32. The highest BCUT2D eigenvalue weighted by Gasteiger charge is 2.24. The Morgan fingerprint density at radius 2 is 1.68 bits per heavy atom. The van der Waals surface area contributed by atoms with Gasteiger partial charge in [-0.05, 0) is 24.3 Å². The molecule has 0 bridgehead atoms. The van der Waals surface area contributed by atoms with E-state index in [0.717, 1.165) is 16.0 Å². The van der Waals surface area contributed by atoms with Crippen LogP contribution in [0.5, 0.6) is 0 Å². The minimum Gasteiger partial charge on any atom is -0.225 e. The van der Waals surface area contributed by atoms with Crippen LogP contribution in [-0.4, -0.2) is 13.4 Å². The maximum absolute atomic E-state index is 12.5. The molecule has 1 aromatic heterocycles. The van der Waals surface area contributed by atoms with Gasteiger partial charge in [-0.25, -0.2) is 13.4 Å². The third kappa shape index (κ3) is 2.14. The van der Waals surface area contributed by atoms with E-state index in [1.807, 2.05) is 18.2 Å². The molecule has 2 aromatic carbocycles. The van der Waals surface area contributed by atoms with Crippen LogP contribution in [0.2, 0.25) is 5.02 Å². The Morgan fingerprint density at radius 3 is 2.42 bits per heavy atom. The van der Waals surface area contributed by atoms with Crippen LogP contribution in [0.3, 0.4) is 0 Å². The molecule has 1 heterocycles. The lowest BCUT2D eigenvalue weighted by atomic mass is 10.3. The molecular formula is C13H8ClNO2S2. The zero-order chi connectivity index (χ0) is 13.5. The summed E-state index contributed by atoms with van der Waals surface area (Å²) in [6, 6.07) is 13.7. The maximum Gasteiger partial charge on any atom is 0.235 e. The first-order valence-electron chi connectivity index (χ1n) is 5.44. The number of hydrogen-bond acceptors (Lipinski definition) is 4. The molecule has 0 saturated carbocycles. The van der Waals surface area contributed by atoms with E-state index in [9.17, 15) is 8.42 Å². The molecule has 0 radical (unpaired) electrons. The van der Waals surface area contributed by atoms with Gasteiger partial charge >= 0.3 is 0 Å². The van der Waals surface area contributed by atoms with E-state index in [1.54, 1.807) is 24.3 Å². The Bertz CT molecular complexity index is 823. The first-order chi connectivity index (χ1) is 9.09. The number of benzene rings is 2. The molecule has 0 saturated heterocycles. The molecule has 19 heavy (non-hydrogen) atoms. The smallest absolute Gasteiger partial charge is 0.225 e. The molecule has 0 atom stereocenters. The molecule has 6 heteroatoms. The van der Waals surface area contributed by atoms with Crippen LogP contribution in [0.25, 0.3) is 10.2 Å². The predicted octanol–water partition coefficient (Wildman–Crippen LogP) is 3.78. The van der Waals surface area contributed by atoms with Crippen molar-refractivity contribution in [3.8, 4) is 0 Å². The number of thiazole rings is 1. The van der Waals surface area contributed by atoms with Crippen molar-refractivity contribution in [1.82, 2.24) is 4.98 Å². The van der Waals surface area contributed by atoms with E-state index in [1.165, 1.54) is 6.07 Å². The number of sulfone groups is 1. The summed E-state index contributed by atoms with van der Waals surface area (Å²) in [5.74, 6) is 0. The third-order valence-electron chi connectivity index (χ3n) is 2.63. The number of rotatable bonds is 2. The van der Waals surface area contributed by atoms with Crippen molar-refractivity contribution in [2.45, 2.75) is 9.24 Å². The topological polar surface area (TPSA) is 47.0 Å². The Balaban J connectivity index is 2.23. The molecular weight excluding hydrogens is 302 g/mol. The second kappa shape index (κ2) is 4.59. The van der Waals surface area contributed by atoms with E-state index in [4.69, 9.17) is 11.6 Å². The number of para-hydroxylation sites is 1. The summed E-state index contributed by atoms with van der Waals surface area (Å²) in [5.41, 5.74) is 0.679. The monoisotopic (exact) mass is 309 g/mol. The van der Waals surface area contributed by atoms with E-state index in [-0.39, 0.29) is 14.3 Å². The summed E-state index contributed by atoms with van der Waals surface area (Å²) >= 11 is 7.11. The minimum absolute atomic E-state index is 0.0711. The van der Waals surface area contributed by atoms with Gasteiger partial charge in [0.1, 0.15) is 0 Å². The number of aromatic nitrogens is 1. The van der Waals surface area contributed by atoms with Gasteiger partial charge in [-0.2, -0.15) is 0 Å². The summed E-state index contributed by atoms with van der Waals surface area (Å²) in [5, 5.41) is 0.210. The van der Waals surface area contributed by atoms with Crippen molar-refractivity contribution in [3.63, 3.8) is 0 Å². The van der Waals surface area contributed by atoms with Gasteiger partial charge in [0, 0.05) is 0 Å². The number of nitrogens with zero attached hydrogens (tertiary/aromatic N) is 1. The summed E-state index contributed by atoms with van der Waals surface area (Å²) < 4.78 is 25.9. The Labute approximate surface area is 119 Å². The summed E-state index contributed by atoms with van der Waals surface area (Å²) in [7, 11) is -3.66. The normalized spacial score (nSPS) is 11.8. The zero-order valence-corrected chi connectivity index (χ0v) is 12.0. The van der Waals surface area contributed by atoms with Crippen molar-refractivity contribution < 1.29 is 8.42 Å². The first kappa shape index (κ1) is 12.6. The molecule has 0 N–H and O–H groups in total. The van der Waals surface area contributed by atoms with Gasteiger partial charge in [-0.15, -0.1) is 11.3 Å². The third-order valence-corrected chi connectivity index (χ3v) is 6.30. The van der Waals surface area contributed by atoms with E-state index in [2.05, 4.69) is 4.98 Å². The van der Waals surface area contributed by atoms with Crippen molar-refractivity contribution in [2.75, 3.05) is 0 Å². The van der Waals surface area contributed by atoms with Gasteiger partial charge in [0.25, 0.3) is 0 Å². The van der Waals surface area contributed by atoms with E-state index in [0.29, 0.717) is 5.52 Å². The molecule has 0 unspecified atom stereocenters. The van der Waals surface area contributed by atoms with Crippen LogP contribution in [0, 0.1) is 0 Å². The molecule has 0 aliphatic carbocycles. The fraction of sp³-hybridized carbons (Fsp3) is 0. The molecule has 0 aliphatic rings. The van der Waals surface area contributed by atoms with Gasteiger partial charge in [-0.3, -0.25) is 0 Å². The van der Waals surface area contributed by atoms with Gasteiger partial charge in [0.2, 0.25) is 14.2 Å². The number of hydrogen-bond donors (Lipinski definition) is 0. The number of fused-ring (bicyclic) bond motifs is 1. The van der Waals surface area contributed by atoms with Crippen molar-refractivity contribution in [1.29, 1.82) is 0 Å². The second-order valence-corrected chi connectivity index (χ2v) is 7.41. The minimum atomic E-state index is -3.66. The summed E-state index contributed by atoms with van der Waals surface area (Å²) in [6.45, 7) is 0. The van der Waals surface area contributed by atoms with Crippen LogP contribution >= 0.6 is 22.9 Å². The maximum atomic E-state index is 12.5. The molecule has 0 spiro atoms. The van der Waals surface area contributed by atoms with Crippen LogP contribution < -0.4 is 0 Å². The van der Waals surface area contributed by atoms with Crippen LogP contribution in [0.4, 0.5) is 0 Å². The largest absolute Gasteiger partial charge is 0.235 e. The summed E-state index contributed by atoms with van der Waals surface area (Å²) in [4.78, 5) is 4.27. The standard InChI is InChI=1S/C13H8ClNO2S2/c14-9-5-1-4-8-12(9)19(16,17)13-15-10-6-2-3-7-11(10)18-13/h1-8H. The highest BCUT2D eigenvalue weighted by atomic mass is 35.5. The van der Waals surface area contributed by atoms with Gasteiger partial charge in [0.15, 0.2) is 0 Å². The van der Waals surface area contributed by atoms with Crippen LogP contribution in [-0.2, 0) is 9.84 Å². The lowest BCUT2D eigenvalue weighted by Crippen LogP contribution is -2.01.